The zero-order chi connectivity index (χ0) is 23.4. The third kappa shape index (κ3) is 6.40. The molecule has 2 aliphatic heterocycles. The summed E-state index contributed by atoms with van der Waals surface area (Å²) < 4.78 is 7.27. The molecule has 0 spiro atoms. The molecule has 1 N–H and O–H groups in total. The Labute approximate surface area is 228 Å². The molecule has 0 atom stereocenters. The summed E-state index contributed by atoms with van der Waals surface area (Å²) in [6, 6.07) is 16.2. The fraction of sp³-hybridized carbons (Fsp3) is 0.567. The maximum absolute atomic E-state index is 13.6. The van der Waals surface area contributed by atoms with E-state index in [9.17, 15) is 4.79 Å². The molecule has 5 heteroatoms. The Morgan fingerprint density at radius 1 is 0.829 bits per heavy atom. The maximum Gasteiger partial charge on any atom is 0.232 e. The topological polar surface area (TPSA) is 38.3 Å². The lowest BCUT2D eigenvalue weighted by Crippen LogP contribution is -3.00. The van der Waals surface area contributed by atoms with Gasteiger partial charge in [-0.2, -0.15) is 0 Å². The summed E-state index contributed by atoms with van der Waals surface area (Å²) >= 11 is 0. The number of benzene rings is 2. The van der Waals surface area contributed by atoms with Gasteiger partial charge in [-0.1, -0.05) is 74.9 Å². The van der Waals surface area contributed by atoms with E-state index in [0.29, 0.717) is 0 Å². The van der Waals surface area contributed by atoms with Gasteiger partial charge in [0.25, 0.3) is 0 Å². The molecule has 1 aliphatic carbocycles. The molecule has 190 valence electrons. The molecular formula is C30H41IN2O2. The van der Waals surface area contributed by atoms with Crippen LogP contribution in [0.3, 0.4) is 0 Å². The van der Waals surface area contributed by atoms with Crippen LogP contribution in [0.15, 0.2) is 48.5 Å². The van der Waals surface area contributed by atoms with Crippen molar-refractivity contribution < 1.29 is 38.0 Å². The molecule has 4 nitrogen and oxygen atoms in total. The van der Waals surface area contributed by atoms with Crippen LogP contribution in [0.4, 0.5) is 0 Å². The quantitative estimate of drug-likeness (QED) is 0.440. The number of para-hydroxylation sites is 2. The summed E-state index contributed by atoms with van der Waals surface area (Å²) in [5, 5.41) is 3.43. The van der Waals surface area contributed by atoms with Gasteiger partial charge in [0.1, 0.15) is 11.5 Å². The molecule has 0 unspecified atom stereocenters. The van der Waals surface area contributed by atoms with Crippen molar-refractivity contribution in [3.63, 3.8) is 0 Å². The fourth-order valence-corrected chi connectivity index (χ4v) is 6.52. The van der Waals surface area contributed by atoms with Crippen molar-refractivity contribution in [2.45, 2.75) is 76.2 Å². The second kappa shape index (κ2) is 12.1. The highest BCUT2D eigenvalue weighted by molar-refractivity contribution is 5.89. The molecule has 2 aromatic rings. The molecule has 1 saturated carbocycles. The second-order valence-corrected chi connectivity index (χ2v) is 11.2. The van der Waals surface area contributed by atoms with Crippen LogP contribution >= 0.6 is 0 Å². The van der Waals surface area contributed by atoms with Crippen LogP contribution in [0.25, 0.3) is 0 Å². The van der Waals surface area contributed by atoms with E-state index in [1.165, 1.54) is 75.5 Å². The summed E-state index contributed by atoms with van der Waals surface area (Å²) in [5.74, 6) is 2.28. The lowest BCUT2D eigenvalue weighted by Gasteiger charge is -2.43. The summed E-state index contributed by atoms with van der Waals surface area (Å²) in [5.41, 5.74) is 1.94. The fourth-order valence-electron chi connectivity index (χ4n) is 6.52. The molecule has 2 aromatic carbocycles. The van der Waals surface area contributed by atoms with Crippen molar-refractivity contribution in [1.82, 2.24) is 5.32 Å². The molecular weight excluding hydrogens is 547 g/mol. The van der Waals surface area contributed by atoms with E-state index < -0.39 is 0 Å². The largest absolute Gasteiger partial charge is 1.00 e. The van der Waals surface area contributed by atoms with Crippen molar-refractivity contribution in [2.75, 3.05) is 26.7 Å². The van der Waals surface area contributed by atoms with Crippen LogP contribution in [0.2, 0.25) is 0 Å². The van der Waals surface area contributed by atoms with Gasteiger partial charge in [0.2, 0.25) is 5.91 Å². The summed E-state index contributed by atoms with van der Waals surface area (Å²) in [6.45, 7) is 3.66. The number of piperidine rings is 1. The molecule has 2 fully saturated rings. The normalized spacial score (nSPS) is 25.5. The third-order valence-corrected chi connectivity index (χ3v) is 8.50. The number of carbonyl (C=O) groups is 1. The molecule has 0 radical (unpaired) electrons. The number of halogens is 1. The zero-order valence-corrected chi connectivity index (χ0v) is 23.3. The van der Waals surface area contributed by atoms with Crippen LogP contribution in [-0.2, 0) is 4.79 Å². The number of rotatable bonds is 4. The Morgan fingerprint density at radius 2 is 1.34 bits per heavy atom. The standard InChI is InChI=1S/C30H40N2O2.HI/c1-32(22-23-12-6-4-2-3-5-7-13-23)20-18-24(19-21-32)31-30(33)29-25-14-8-10-16-27(25)34-28-17-11-9-15-26(28)29;/h8-11,14-17,23-24,29H,2-7,12-13,18-22H2,1H3;1H. The number of ether oxygens (including phenoxy) is 1. The number of hydrogen-bond donors (Lipinski definition) is 1. The smallest absolute Gasteiger partial charge is 0.232 e. The average molecular weight is 589 g/mol. The molecule has 2 heterocycles. The molecule has 35 heavy (non-hydrogen) atoms. The number of nitrogens with zero attached hydrogens (tertiary/aromatic N) is 1. The first kappa shape index (κ1) is 26.5. The van der Waals surface area contributed by atoms with Gasteiger partial charge in [-0.15, -0.1) is 0 Å². The number of hydrogen-bond acceptors (Lipinski definition) is 2. The van der Waals surface area contributed by atoms with Gasteiger partial charge < -0.3 is 38.5 Å². The Morgan fingerprint density at radius 3 is 1.91 bits per heavy atom. The van der Waals surface area contributed by atoms with Crippen molar-refractivity contribution in [1.29, 1.82) is 0 Å². The second-order valence-electron chi connectivity index (χ2n) is 11.2. The molecule has 5 rings (SSSR count). The number of nitrogens with one attached hydrogen (secondary N) is 1. The van der Waals surface area contributed by atoms with Gasteiger partial charge in [0.05, 0.1) is 32.6 Å². The van der Waals surface area contributed by atoms with E-state index in [1.54, 1.807) is 0 Å². The first-order chi connectivity index (χ1) is 16.6. The van der Waals surface area contributed by atoms with Crippen molar-refractivity contribution in [3.8, 4) is 11.5 Å². The minimum absolute atomic E-state index is 0. The Kier molecular flexibility index (Phi) is 9.14. The van der Waals surface area contributed by atoms with Gasteiger partial charge >= 0.3 is 0 Å². The highest BCUT2D eigenvalue weighted by Gasteiger charge is 2.36. The molecule has 3 aliphatic rings. The molecule has 1 saturated heterocycles. The highest BCUT2D eigenvalue weighted by Crippen LogP contribution is 2.44. The average Bonchev–Trinajstić information content (AvgIpc) is 2.98. The number of carbonyl (C=O) groups excluding carboxylic acids is 1. The lowest BCUT2D eigenvalue weighted by molar-refractivity contribution is -0.917. The van der Waals surface area contributed by atoms with Crippen LogP contribution in [0, 0.1) is 5.92 Å². The predicted molar refractivity (Wildman–Crippen MR) is 137 cm³/mol. The Hall–Kier alpha value is -1.60. The summed E-state index contributed by atoms with van der Waals surface area (Å²) in [7, 11) is 2.45. The molecule has 1 amide bonds. The van der Waals surface area contributed by atoms with Crippen LogP contribution in [0.1, 0.15) is 81.3 Å². The summed E-state index contributed by atoms with van der Waals surface area (Å²) in [6.07, 6.45) is 13.5. The first-order valence-corrected chi connectivity index (χ1v) is 13.6. The van der Waals surface area contributed by atoms with E-state index in [1.807, 2.05) is 48.5 Å². The molecule has 0 aromatic heterocycles. The summed E-state index contributed by atoms with van der Waals surface area (Å²) in [4.78, 5) is 13.6. The Bertz CT molecular complexity index is 930. The van der Waals surface area contributed by atoms with Gasteiger partial charge in [-0.25, -0.2) is 0 Å². The number of fused-ring (bicyclic) bond motifs is 2. The van der Waals surface area contributed by atoms with Crippen molar-refractivity contribution >= 4 is 5.91 Å². The van der Waals surface area contributed by atoms with Gasteiger partial charge in [0, 0.05) is 35.9 Å². The van der Waals surface area contributed by atoms with E-state index >= 15 is 0 Å². The minimum Gasteiger partial charge on any atom is -1.00 e. The predicted octanol–water partition coefficient (Wildman–Crippen LogP) is 3.40. The number of amides is 1. The van der Waals surface area contributed by atoms with Crippen molar-refractivity contribution in [3.05, 3.63) is 59.7 Å². The third-order valence-electron chi connectivity index (χ3n) is 8.50. The van der Waals surface area contributed by atoms with E-state index in [0.717, 1.165) is 41.4 Å². The first-order valence-electron chi connectivity index (χ1n) is 13.6. The zero-order valence-electron chi connectivity index (χ0n) is 21.2. The highest BCUT2D eigenvalue weighted by atomic mass is 127. The van der Waals surface area contributed by atoms with Gasteiger partial charge in [-0.3, -0.25) is 4.79 Å². The van der Waals surface area contributed by atoms with Gasteiger partial charge in [0.15, 0.2) is 0 Å². The SMILES string of the molecule is C[N+]1(CC2CCCCCCCC2)CCC(NC(=O)C2c3ccccc3Oc3ccccc32)CC1.[I-]. The minimum atomic E-state index is -0.303. The van der Waals surface area contributed by atoms with Crippen molar-refractivity contribution in [2.24, 2.45) is 5.92 Å². The van der Waals surface area contributed by atoms with Crippen LogP contribution < -0.4 is 34.0 Å². The number of likely N-dealkylation sites (tertiary alicyclic amines) is 1. The van der Waals surface area contributed by atoms with Gasteiger partial charge in [-0.05, 0) is 25.0 Å². The molecule has 0 bridgehead atoms. The monoisotopic (exact) mass is 588 g/mol. The van der Waals surface area contributed by atoms with E-state index in [2.05, 4.69) is 12.4 Å². The lowest BCUT2D eigenvalue weighted by atomic mass is 9.86. The van der Waals surface area contributed by atoms with E-state index in [4.69, 9.17) is 4.74 Å². The van der Waals surface area contributed by atoms with E-state index in [-0.39, 0.29) is 41.8 Å². The van der Waals surface area contributed by atoms with Crippen LogP contribution in [0.5, 0.6) is 11.5 Å². The Balaban J connectivity index is 0.00000289. The van der Waals surface area contributed by atoms with Crippen LogP contribution in [-0.4, -0.2) is 43.1 Å². The number of quaternary nitrogens is 1. The maximum atomic E-state index is 13.6.